The summed E-state index contributed by atoms with van der Waals surface area (Å²) in [7, 11) is 0. The Morgan fingerprint density at radius 3 is 2.39 bits per heavy atom. The molecular formula is C20H30N6O2. The summed E-state index contributed by atoms with van der Waals surface area (Å²) >= 11 is 0. The molecule has 8 heteroatoms. The van der Waals surface area contributed by atoms with E-state index in [9.17, 15) is 4.79 Å². The number of aromatic nitrogens is 4. The van der Waals surface area contributed by atoms with Gasteiger partial charge in [0.05, 0.1) is 18.8 Å². The van der Waals surface area contributed by atoms with Crippen molar-refractivity contribution in [2.75, 3.05) is 32.8 Å². The van der Waals surface area contributed by atoms with E-state index in [4.69, 9.17) is 4.74 Å². The third-order valence-electron chi connectivity index (χ3n) is 4.70. The van der Waals surface area contributed by atoms with Gasteiger partial charge in [0.25, 0.3) is 0 Å². The Balaban J connectivity index is 1.58. The van der Waals surface area contributed by atoms with Crippen molar-refractivity contribution in [3.63, 3.8) is 0 Å². The third kappa shape index (κ3) is 5.28. The van der Waals surface area contributed by atoms with Crippen molar-refractivity contribution < 1.29 is 9.53 Å². The second-order valence-electron chi connectivity index (χ2n) is 8.33. The molecule has 1 amide bonds. The van der Waals surface area contributed by atoms with Crippen LogP contribution in [-0.4, -0.2) is 68.7 Å². The van der Waals surface area contributed by atoms with Gasteiger partial charge in [-0.25, -0.2) is 0 Å². The molecule has 152 valence electrons. The molecule has 0 unspecified atom stereocenters. The van der Waals surface area contributed by atoms with Crippen molar-refractivity contribution in [2.24, 2.45) is 5.41 Å². The molecule has 1 aromatic heterocycles. The minimum absolute atomic E-state index is 0.0218. The van der Waals surface area contributed by atoms with Gasteiger partial charge in [-0.15, -0.1) is 5.10 Å². The molecule has 1 aromatic carbocycles. The Bertz CT molecular complexity index is 773. The van der Waals surface area contributed by atoms with Gasteiger partial charge >= 0.3 is 0 Å². The molecule has 3 rings (SSSR count). The van der Waals surface area contributed by atoms with Crippen LogP contribution in [0.25, 0.3) is 5.69 Å². The predicted molar refractivity (Wildman–Crippen MR) is 106 cm³/mol. The van der Waals surface area contributed by atoms with Crippen molar-refractivity contribution >= 4 is 5.91 Å². The van der Waals surface area contributed by atoms with Crippen LogP contribution < -0.4 is 4.74 Å². The molecule has 1 aliphatic heterocycles. The Labute approximate surface area is 166 Å². The minimum Gasteiger partial charge on any atom is -0.494 e. The quantitative estimate of drug-likeness (QED) is 0.757. The third-order valence-corrected chi connectivity index (χ3v) is 4.70. The van der Waals surface area contributed by atoms with Crippen molar-refractivity contribution in [1.82, 2.24) is 30.0 Å². The Morgan fingerprint density at radius 1 is 1.11 bits per heavy atom. The molecule has 0 radical (unpaired) electrons. The number of tetrazole rings is 1. The number of rotatable bonds is 6. The highest BCUT2D eigenvalue weighted by atomic mass is 16.5. The van der Waals surface area contributed by atoms with Crippen LogP contribution in [0.2, 0.25) is 0 Å². The van der Waals surface area contributed by atoms with Crippen LogP contribution in [0, 0.1) is 5.41 Å². The molecule has 0 spiro atoms. The fourth-order valence-corrected chi connectivity index (χ4v) is 3.28. The molecule has 1 fully saturated rings. The first kappa shape index (κ1) is 20.3. The lowest BCUT2D eigenvalue weighted by molar-refractivity contribution is -0.134. The van der Waals surface area contributed by atoms with Gasteiger partial charge in [0.2, 0.25) is 5.91 Å². The molecule has 0 atom stereocenters. The van der Waals surface area contributed by atoms with E-state index in [-0.39, 0.29) is 11.3 Å². The zero-order chi connectivity index (χ0) is 20.1. The van der Waals surface area contributed by atoms with Crippen LogP contribution in [0.4, 0.5) is 0 Å². The Hall–Kier alpha value is -2.48. The minimum atomic E-state index is 0.0218. The molecule has 0 N–H and O–H groups in total. The summed E-state index contributed by atoms with van der Waals surface area (Å²) in [5.74, 6) is 1.86. The van der Waals surface area contributed by atoms with E-state index < -0.39 is 0 Å². The van der Waals surface area contributed by atoms with Crippen LogP contribution >= 0.6 is 0 Å². The molecule has 0 aliphatic carbocycles. The molecule has 0 saturated carbocycles. The largest absolute Gasteiger partial charge is 0.494 e. The average molecular weight is 387 g/mol. The SMILES string of the molecule is CCOc1ccc(-n2nnnc2CN2CCN(C(=O)CC(C)(C)C)CC2)cc1. The predicted octanol–water partition coefficient (Wildman–Crippen LogP) is 2.14. The number of hydrogen-bond donors (Lipinski definition) is 0. The summed E-state index contributed by atoms with van der Waals surface area (Å²) in [6, 6.07) is 7.75. The first-order valence-corrected chi connectivity index (χ1v) is 9.86. The lowest BCUT2D eigenvalue weighted by Gasteiger charge is -2.35. The first-order chi connectivity index (χ1) is 13.4. The number of benzene rings is 1. The van der Waals surface area contributed by atoms with Gasteiger partial charge < -0.3 is 9.64 Å². The zero-order valence-corrected chi connectivity index (χ0v) is 17.3. The fourth-order valence-electron chi connectivity index (χ4n) is 3.28. The second kappa shape index (κ2) is 8.68. The van der Waals surface area contributed by atoms with Crippen LogP contribution in [-0.2, 0) is 11.3 Å². The van der Waals surface area contributed by atoms with E-state index in [1.165, 1.54) is 0 Å². The standard InChI is InChI=1S/C20H30N6O2/c1-5-28-17-8-6-16(7-9-17)26-18(21-22-23-26)15-24-10-12-25(13-11-24)19(27)14-20(2,3)4/h6-9H,5,10-15H2,1-4H3. The Kier molecular flexibility index (Phi) is 6.28. The molecule has 2 heterocycles. The molecule has 1 saturated heterocycles. The summed E-state index contributed by atoms with van der Waals surface area (Å²) in [5, 5.41) is 12.2. The summed E-state index contributed by atoms with van der Waals surface area (Å²) in [5.41, 5.74) is 0.927. The number of amides is 1. The fraction of sp³-hybridized carbons (Fsp3) is 0.600. The van der Waals surface area contributed by atoms with Crippen molar-refractivity contribution in [3.05, 3.63) is 30.1 Å². The topological polar surface area (TPSA) is 76.4 Å². The summed E-state index contributed by atoms with van der Waals surface area (Å²) in [4.78, 5) is 16.7. The number of ether oxygens (including phenoxy) is 1. The molecular weight excluding hydrogens is 356 g/mol. The maximum Gasteiger partial charge on any atom is 0.223 e. The molecule has 2 aromatic rings. The number of hydrogen-bond acceptors (Lipinski definition) is 6. The first-order valence-electron chi connectivity index (χ1n) is 9.86. The average Bonchev–Trinajstić information content (AvgIpc) is 3.10. The lowest BCUT2D eigenvalue weighted by atomic mass is 9.91. The second-order valence-corrected chi connectivity index (χ2v) is 8.33. The van der Waals surface area contributed by atoms with E-state index >= 15 is 0 Å². The highest BCUT2D eigenvalue weighted by Crippen LogP contribution is 2.21. The normalized spacial score (nSPS) is 15.6. The summed E-state index contributed by atoms with van der Waals surface area (Å²) < 4.78 is 7.24. The molecule has 8 nitrogen and oxygen atoms in total. The van der Waals surface area contributed by atoms with E-state index in [1.54, 1.807) is 4.68 Å². The van der Waals surface area contributed by atoms with Gasteiger partial charge in [0.1, 0.15) is 5.75 Å². The smallest absolute Gasteiger partial charge is 0.223 e. The van der Waals surface area contributed by atoms with Gasteiger partial charge in [-0.05, 0) is 47.0 Å². The molecule has 1 aliphatic rings. The van der Waals surface area contributed by atoms with Crippen LogP contribution in [0.3, 0.4) is 0 Å². The van der Waals surface area contributed by atoms with Crippen molar-refractivity contribution in [2.45, 2.75) is 40.7 Å². The van der Waals surface area contributed by atoms with E-state index in [2.05, 4.69) is 41.2 Å². The molecule has 28 heavy (non-hydrogen) atoms. The highest BCUT2D eigenvalue weighted by molar-refractivity contribution is 5.76. The van der Waals surface area contributed by atoms with E-state index in [1.807, 2.05) is 36.1 Å². The molecule has 0 bridgehead atoms. The van der Waals surface area contributed by atoms with E-state index in [0.717, 1.165) is 43.4 Å². The van der Waals surface area contributed by atoms with Crippen LogP contribution in [0.5, 0.6) is 5.75 Å². The lowest BCUT2D eigenvalue weighted by Crippen LogP contribution is -2.49. The van der Waals surface area contributed by atoms with Gasteiger partial charge in [-0.2, -0.15) is 4.68 Å². The summed E-state index contributed by atoms with van der Waals surface area (Å²) in [6.45, 7) is 12.7. The van der Waals surface area contributed by atoms with Gasteiger partial charge in [0, 0.05) is 32.6 Å². The highest BCUT2D eigenvalue weighted by Gasteiger charge is 2.25. The maximum atomic E-state index is 12.4. The number of piperazine rings is 1. The summed E-state index contributed by atoms with van der Waals surface area (Å²) in [6.07, 6.45) is 0.586. The Morgan fingerprint density at radius 2 is 1.79 bits per heavy atom. The van der Waals surface area contributed by atoms with Crippen molar-refractivity contribution in [1.29, 1.82) is 0 Å². The maximum absolute atomic E-state index is 12.4. The number of carbonyl (C=O) groups is 1. The van der Waals surface area contributed by atoms with Gasteiger partial charge in [-0.1, -0.05) is 20.8 Å². The van der Waals surface area contributed by atoms with Crippen LogP contribution in [0.1, 0.15) is 39.9 Å². The van der Waals surface area contributed by atoms with Gasteiger partial charge in [-0.3, -0.25) is 9.69 Å². The van der Waals surface area contributed by atoms with Gasteiger partial charge in [0.15, 0.2) is 5.82 Å². The van der Waals surface area contributed by atoms with E-state index in [0.29, 0.717) is 19.6 Å². The monoisotopic (exact) mass is 386 g/mol. The number of carbonyl (C=O) groups excluding carboxylic acids is 1. The van der Waals surface area contributed by atoms with Crippen LogP contribution in [0.15, 0.2) is 24.3 Å². The zero-order valence-electron chi connectivity index (χ0n) is 17.3. The number of nitrogens with zero attached hydrogens (tertiary/aromatic N) is 6. The van der Waals surface area contributed by atoms with Crippen molar-refractivity contribution in [3.8, 4) is 11.4 Å².